The van der Waals surface area contributed by atoms with Crippen molar-refractivity contribution in [3.63, 3.8) is 0 Å². The summed E-state index contributed by atoms with van der Waals surface area (Å²) in [5.74, 6) is 4.51. The van der Waals surface area contributed by atoms with E-state index in [4.69, 9.17) is 11.6 Å². The fourth-order valence-corrected chi connectivity index (χ4v) is 4.77. The van der Waals surface area contributed by atoms with Gasteiger partial charge in [0.15, 0.2) is 17.5 Å². The van der Waals surface area contributed by atoms with E-state index in [1.165, 1.54) is 23.5 Å². The van der Waals surface area contributed by atoms with Crippen LogP contribution in [0.4, 0.5) is 16.0 Å². The van der Waals surface area contributed by atoms with Gasteiger partial charge in [0.25, 0.3) is 11.7 Å². The van der Waals surface area contributed by atoms with Crippen molar-refractivity contribution in [2.24, 2.45) is 11.6 Å². The number of hydrogen-bond acceptors (Lipinski definition) is 10. The maximum Gasteiger partial charge on any atom is 0.295 e. The smallest absolute Gasteiger partial charge is 0.295 e. The highest BCUT2D eigenvalue weighted by molar-refractivity contribution is 6.99. The van der Waals surface area contributed by atoms with Crippen molar-refractivity contribution in [2.45, 2.75) is 0 Å². The van der Waals surface area contributed by atoms with Crippen LogP contribution in [0.15, 0.2) is 55.1 Å². The number of ketones is 1. The molecule has 1 amide bonds. The van der Waals surface area contributed by atoms with Crippen molar-refractivity contribution in [3.8, 4) is 11.3 Å². The molecule has 4 heterocycles. The minimum Gasteiger partial charge on any atom is -0.403 e. The SMILES string of the molecule is N/C=C\N(N)c1ncc(F)c2c(C(=O)C(=O)N3CCN(c4nsnc4-c4ccccc4)CC3)c[nH]c12. The normalized spacial score (nSPS) is 14.1. The molecule has 1 fully saturated rings. The molecule has 5 N–H and O–H groups in total. The van der Waals surface area contributed by atoms with E-state index in [2.05, 4.69) is 18.7 Å². The number of carbonyl (C=O) groups is 2. The summed E-state index contributed by atoms with van der Waals surface area (Å²) in [6.45, 7) is 1.58. The molecule has 13 heteroatoms. The second-order valence-corrected chi connectivity index (χ2v) is 8.57. The predicted molar refractivity (Wildman–Crippen MR) is 135 cm³/mol. The number of rotatable bonds is 6. The van der Waals surface area contributed by atoms with E-state index in [9.17, 15) is 14.0 Å². The third-order valence-corrected chi connectivity index (χ3v) is 6.48. The van der Waals surface area contributed by atoms with Gasteiger partial charge in [0.05, 0.1) is 34.4 Å². The van der Waals surface area contributed by atoms with Crippen LogP contribution in [-0.2, 0) is 4.79 Å². The predicted octanol–water partition coefficient (Wildman–Crippen LogP) is 1.86. The van der Waals surface area contributed by atoms with Gasteiger partial charge < -0.3 is 20.5 Å². The number of hydrogen-bond donors (Lipinski definition) is 3. The molecule has 1 saturated heterocycles. The number of nitrogens with zero attached hydrogens (tertiary/aromatic N) is 6. The molecule has 36 heavy (non-hydrogen) atoms. The minimum absolute atomic E-state index is 0.0566. The van der Waals surface area contributed by atoms with Crippen LogP contribution in [-0.4, -0.2) is 61.5 Å². The third kappa shape index (κ3) is 4.14. The van der Waals surface area contributed by atoms with Crippen LogP contribution < -0.4 is 21.5 Å². The molecule has 0 saturated carbocycles. The number of nitrogens with one attached hydrogen (secondary N) is 1. The fourth-order valence-electron chi connectivity index (χ4n) is 4.18. The highest BCUT2D eigenvalue weighted by Crippen LogP contribution is 2.30. The molecule has 0 radical (unpaired) electrons. The molecule has 1 aliphatic heterocycles. The summed E-state index contributed by atoms with van der Waals surface area (Å²) in [5.41, 5.74) is 7.21. The van der Waals surface area contributed by atoms with Gasteiger partial charge in [0.2, 0.25) is 0 Å². The largest absolute Gasteiger partial charge is 0.403 e. The summed E-state index contributed by atoms with van der Waals surface area (Å²) in [6, 6.07) is 9.75. The fraction of sp³-hybridized carbons (Fsp3) is 0.174. The number of pyridine rings is 1. The quantitative estimate of drug-likeness (QED) is 0.154. The first kappa shape index (κ1) is 23.4. The van der Waals surface area contributed by atoms with Crippen LogP contribution in [0.3, 0.4) is 0 Å². The van der Waals surface area contributed by atoms with Crippen molar-refractivity contribution in [3.05, 3.63) is 66.5 Å². The molecule has 11 nitrogen and oxygen atoms in total. The van der Waals surface area contributed by atoms with Gasteiger partial charge in [-0.2, -0.15) is 8.75 Å². The lowest BCUT2D eigenvalue weighted by molar-refractivity contribution is -0.126. The van der Waals surface area contributed by atoms with Crippen LogP contribution in [0, 0.1) is 5.82 Å². The minimum atomic E-state index is -0.816. The number of H-pyrrole nitrogens is 1. The van der Waals surface area contributed by atoms with Crippen LogP contribution in [0.1, 0.15) is 10.4 Å². The number of fused-ring (bicyclic) bond motifs is 1. The third-order valence-electron chi connectivity index (χ3n) is 5.96. The summed E-state index contributed by atoms with van der Waals surface area (Å²) in [4.78, 5) is 36.5. The van der Waals surface area contributed by atoms with Crippen molar-refractivity contribution < 1.29 is 14.0 Å². The Labute approximate surface area is 209 Å². The average molecular weight is 508 g/mol. The Morgan fingerprint density at radius 3 is 2.61 bits per heavy atom. The van der Waals surface area contributed by atoms with Crippen molar-refractivity contribution in [1.29, 1.82) is 0 Å². The Bertz CT molecular complexity index is 1440. The van der Waals surface area contributed by atoms with Crippen LogP contribution >= 0.6 is 11.7 Å². The van der Waals surface area contributed by atoms with Crippen LogP contribution in [0.2, 0.25) is 0 Å². The highest BCUT2D eigenvalue weighted by atomic mass is 32.1. The second kappa shape index (κ2) is 9.71. The average Bonchev–Trinajstić information content (AvgIpc) is 3.57. The van der Waals surface area contributed by atoms with E-state index in [0.717, 1.165) is 40.0 Å². The van der Waals surface area contributed by atoms with Gasteiger partial charge in [-0.25, -0.2) is 15.2 Å². The second-order valence-electron chi connectivity index (χ2n) is 8.04. The number of anilines is 2. The monoisotopic (exact) mass is 507 g/mol. The number of halogens is 1. The standard InChI is InChI=1S/C23H22FN9O2S/c24-16-13-28-21(33(26)7-6-25)19-17(16)15(12-27-19)20(34)23(35)32-10-8-31(9-11-32)22-18(29-36-30-22)14-4-2-1-3-5-14/h1-7,12-13,27H,8-11,25-26H2/b7-6-. The number of benzene rings is 1. The van der Waals surface area contributed by atoms with Gasteiger partial charge in [-0.1, -0.05) is 30.3 Å². The number of aromatic amines is 1. The topological polar surface area (TPSA) is 150 Å². The molecular formula is C23H22FN9O2S. The first-order valence-electron chi connectivity index (χ1n) is 11.0. The van der Waals surface area contributed by atoms with E-state index in [0.29, 0.717) is 26.2 Å². The summed E-state index contributed by atoms with van der Waals surface area (Å²) in [5, 5.41) is 1.03. The Kier molecular flexibility index (Phi) is 6.31. The number of hydrazine groups is 1. The van der Waals surface area contributed by atoms with E-state index in [1.807, 2.05) is 35.2 Å². The van der Waals surface area contributed by atoms with E-state index < -0.39 is 17.5 Å². The lowest BCUT2D eigenvalue weighted by Gasteiger charge is -2.34. The summed E-state index contributed by atoms with van der Waals surface area (Å²) in [6.07, 6.45) is 4.76. The van der Waals surface area contributed by atoms with E-state index >= 15 is 0 Å². The summed E-state index contributed by atoms with van der Waals surface area (Å²) in [7, 11) is 0. The molecule has 0 bridgehead atoms. The Morgan fingerprint density at radius 2 is 1.89 bits per heavy atom. The van der Waals surface area contributed by atoms with Crippen molar-refractivity contribution in [2.75, 3.05) is 36.1 Å². The number of nitrogens with two attached hydrogens (primary N) is 2. The first-order chi connectivity index (χ1) is 17.5. The Hall–Kier alpha value is -4.36. The molecule has 184 valence electrons. The first-order valence-corrected chi connectivity index (χ1v) is 11.8. The van der Waals surface area contributed by atoms with Gasteiger partial charge in [-0.05, 0) is 0 Å². The molecule has 3 aromatic heterocycles. The van der Waals surface area contributed by atoms with Crippen molar-refractivity contribution >= 4 is 46.0 Å². The molecule has 5 rings (SSSR count). The number of piperazine rings is 1. The molecule has 1 aliphatic rings. The van der Waals surface area contributed by atoms with Gasteiger partial charge >= 0.3 is 0 Å². The molecule has 4 aromatic rings. The van der Waals surface area contributed by atoms with Gasteiger partial charge in [-0.3, -0.25) is 14.6 Å². The van der Waals surface area contributed by atoms with Crippen LogP contribution in [0.25, 0.3) is 22.2 Å². The van der Waals surface area contributed by atoms with E-state index in [1.54, 1.807) is 0 Å². The number of Topliss-reactive ketones (excluding diaryl/α,β-unsaturated/α-hetero) is 1. The molecule has 0 aliphatic carbocycles. The van der Waals surface area contributed by atoms with Gasteiger partial charge in [0, 0.05) is 50.3 Å². The molecule has 0 atom stereocenters. The lowest BCUT2D eigenvalue weighted by atomic mass is 10.1. The zero-order chi connectivity index (χ0) is 25.2. The maximum atomic E-state index is 14.7. The van der Waals surface area contributed by atoms with Gasteiger partial charge in [0.1, 0.15) is 5.69 Å². The zero-order valence-corrected chi connectivity index (χ0v) is 19.8. The molecule has 0 spiro atoms. The molecule has 1 aromatic carbocycles. The van der Waals surface area contributed by atoms with Crippen molar-refractivity contribution in [1.82, 2.24) is 23.6 Å². The zero-order valence-electron chi connectivity index (χ0n) is 19.0. The highest BCUT2D eigenvalue weighted by Gasteiger charge is 2.31. The summed E-state index contributed by atoms with van der Waals surface area (Å²) < 4.78 is 23.6. The maximum absolute atomic E-state index is 14.7. The van der Waals surface area contributed by atoms with Gasteiger partial charge in [-0.15, -0.1) is 0 Å². The Balaban J connectivity index is 1.33. The Morgan fingerprint density at radius 1 is 1.14 bits per heavy atom. The number of carbonyl (C=O) groups excluding carboxylic acids is 2. The van der Waals surface area contributed by atoms with E-state index in [-0.39, 0.29) is 22.3 Å². The molecule has 0 unspecified atom stereocenters. The summed E-state index contributed by atoms with van der Waals surface area (Å²) >= 11 is 1.13. The molecular weight excluding hydrogens is 485 g/mol. The van der Waals surface area contributed by atoms with Crippen LogP contribution in [0.5, 0.6) is 0 Å². The number of aromatic nitrogens is 4. The lowest BCUT2D eigenvalue weighted by Crippen LogP contribution is -2.50. The number of amides is 1.